The van der Waals surface area contributed by atoms with E-state index in [4.69, 9.17) is 0 Å². The van der Waals surface area contributed by atoms with Gasteiger partial charge in [0.25, 0.3) is 0 Å². The molecule has 3 heterocycles. The standard InChI is InChI=1S/C11H12F3N5/c12-11(13,14)10-16-7-1-2-8(17-9(7)18-10)19-5-3-15-4-6-19/h1-2,15H,3-6H2,(H,16,17,18). The molecule has 2 aromatic rings. The van der Waals surface area contributed by atoms with Gasteiger partial charge in [-0.05, 0) is 12.1 Å². The third kappa shape index (κ3) is 2.35. The van der Waals surface area contributed by atoms with Crippen LogP contribution in [0.1, 0.15) is 5.82 Å². The number of hydrogen-bond acceptors (Lipinski definition) is 4. The third-order valence-corrected chi connectivity index (χ3v) is 3.04. The van der Waals surface area contributed by atoms with Crippen LogP contribution in [-0.2, 0) is 6.18 Å². The number of nitrogens with one attached hydrogen (secondary N) is 2. The van der Waals surface area contributed by atoms with Crippen molar-refractivity contribution in [2.75, 3.05) is 31.1 Å². The average molecular weight is 271 g/mol. The van der Waals surface area contributed by atoms with Crippen molar-refractivity contribution < 1.29 is 13.2 Å². The van der Waals surface area contributed by atoms with Gasteiger partial charge in [0.05, 0.1) is 5.52 Å². The van der Waals surface area contributed by atoms with Gasteiger partial charge in [0, 0.05) is 26.2 Å². The van der Waals surface area contributed by atoms with Gasteiger partial charge in [-0.25, -0.2) is 9.97 Å². The highest BCUT2D eigenvalue weighted by Gasteiger charge is 2.35. The zero-order valence-corrected chi connectivity index (χ0v) is 9.96. The number of fused-ring (bicyclic) bond motifs is 1. The van der Waals surface area contributed by atoms with E-state index in [0.29, 0.717) is 11.3 Å². The molecule has 1 fully saturated rings. The summed E-state index contributed by atoms with van der Waals surface area (Å²) in [5.74, 6) is -0.346. The minimum Gasteiger partial charge on any atom is -0.354 e. The largest absolute Gasteiger partial charge is 0.449 e. The number of aromatic nitrogens is 3. The minimum absolute atomic E-state index is 0.100. The fourth-order valence-electron chi connectivity index (χ4n) is 2.09. The van der Waals surface area contributed by atoms with Gasteiger partial charge >= 0.3 is 6.18 Å². The van der Waals surface area contributed by atoms with Crippen LogP contribution in [0.5, 0.6) is 0 Å². The van der Waals surface area contributed by atoms with E-state index in [0.717, 1.165) is 26.2 Å². The number of nitrogens with zero attached hydrogens (tertiary/aromatic N) is 3. The Hall–Kier alpha value is -1.83. The van der Waals surface area contributed by atoms with Crippen LogP contribution in [-0.4, -0.2) is 41.1 Å². The van der Waals surface area contributed by atoms with Crippen molar-refractivity contribution in [1.29, 1.82) is 0 Å². The maximum Gasteiger partial charge on any atom is 0.449 e. The smallest absolute Gasteiger partial charge is 0.354 e. The quantitative estimate of drug-likeness (QED) is 0.823. The van der Waals surface area contributed by atoms with E-state index in [1.54, 1.807) is 12.1 Å². The van der Waals surface area contributed by atoms with E-state index >= 15 is 0 Å². The van der Waals surface area contributed by atoms with Gasteiger partial charge in [0.2, 0.25) is 5.82 Å². The van der Waals surface area contributed by atoms with E-state index < -0.39 is 12.0 Å². The van der Waals surface area contributed by atoms with Gasteiger partial charge in [0.1, 0.15) is 5.82 Å². The lowest BCUT2D eigenvalue weighted by atomic mass is 10.3. The summed E-state index contributed by atoms with van der Waals surface area (Å²) in [6.07, 6.45) is -4.48. The van der Waals surface area contributed by atoms with Crippen LogP contribution in [0.25, 0.3) is 11.2 Å². The summed E-state index contributed by atoms with van der Waals surface area (Å²) in [5, 5.41) is 3.21. The summed E-state index contributed by atoms with van der Waals surface area (Å²) in [7, 11) is 0. The van der Waals surface area contributed by atoms with Crippen molar-refractivity contribution in [1.82, 2.24) is 20.3 Å². The molecule has 0 aromatic carbocycles. The van der Waals surface area contributed by atoms with Crippen molar-refractivity contribution in [3.8, 4) is 0 Å². The lowest BCUT2D eigenvalue weighted by Gasteiger charge is -2.28. The molecule has 0 saturated carbocycles. The molecule has 0 bridgehead atoms. The second-order valence-corrected chi connectivity index (χ2v) is 4.36. The van der Waals surface area contributed by atoms with E-state index in [9.17, 15) is 13.2 Å². The molecule has 1 saturated heterocycles. The van der Waals surface area contributed by atoms with Crippen LogP contribution in [0.4, 0.5) is 19.0 Å². The maximum absolute atomic E-state index is 12.5. The lowest BCUT2D eigenvalue weighted by Crippen LogP contribution is -2.43. The number of rotatable bonds is 1. The molecule has 2 N–H and O–H groups in total. The van der Waals surface area contributed by atoms with Gasteiger partial charge in [-0.1, -0.05) is 0 Å². The number of hydrogen-bond donors (Lipinski definition) is 2. The van der Waals surface area contributed by atoms with Crippen molar-refractivity contribution in [2.24, 2.45) is 0 Å². The summed E-state index contributed by atoms with van der Waals surface area (Å²) >= 11 is 0. The molecule has 0 aliphatic carbocycles. The molecule has 0 atom stereocenters. The number of piperazine rings is 1. The fourth-order valence-corrected chi connectivity index (χ4v) is 2.09. The Balaban J connectivity index is 1.96. The first kappa shape index (κ1) is 12.2. The summed E-state index contributed by atoms with van der Waals surface area (Å²) in [4.78, 5) is 12.0. The predicted octanol–water partition coefficient (Wildman–Crippen LogP) is 1.39. The first-order chi connectivity index (χ1) is 9.04. The zero-order valence-electron chi connectivity index (χ0n) is 9.96. The lowest BCUT2D eigenvalue weighted by molar-refractivity contribution is -0.144. The molecule has 2 aromatic heterocycles. The molecule has 0 amide bonds. The van der Waals surface area contributed by atoms with Gasteiger partial charge in [-0.2, -0.15) is 13.2 Å². The number of H-pyrrole nitrogens is 1. The molecule has 0 spiro atoms. The van der Waals surface area contributed by atoms with Crippen LogP contribution < -0.4 is 10.2 Å². The summed E-state index contributed by atoms with van der Waals surface area (Å²) in [6, 6.07) is 3.30. The Morgan fingerprint density at radius 2 is 1.84 bits per heavy atom. The highest BCUT2D eigenvalue weighted by molar-refractivity contribution is 5.73. The Morgan fingerprint density at radius 3 is 2.53 bits per heavy atom. The first-order valence-electron chi connectivity index (χ1n) is 5.94. The van der Waals surface area contributed by atoms with E-state index in [1.807, 2.05) is 4.90 Å². The highest BCUT2D eigenvalue weighted by Crippen LogP contribution is 2.28. The fraction of sp³-hybridized carbons (Fsp3) is 0.455. The first-order valence-corrected chi connectivity index (χ1v) is 5.94. The van der Waals surface area contributed by atoms with Crippen LogP contribution in [0.3, 0.4) is 0 Å². The number of halogens is 3. The van der Waals surface area contributed by atoms with Crippen molar-refractivity contribution in [3.63, 3.8) is 0 Å². The molecular weight excluding hydrogens is 259 g/mol. The minimum atomic E-state index is -4.48. The molecule has 1 aliphatic rings. The van der Waals surface area contributed by atoms with Gasteiger partial charge in [0.15, 0.2) is 5.65 Å². The number of alkyl halides is 3. The number of anilines is 1. The molecule has 0 radical (unpaired) electrons. The molecule has 1 aliphatic heterocycles. The molecule has 19 heavy (non-hydrogen) atoms. The van der Waals surface area contributed by atoms with E-state index in [1.165, 1.54) is 0 Å². The van der Waals surface area contributed by atoms with Crippen molar-refractivity contribution in [2.45, 2.75) is 6.18 Å². The number of pyridine rings is 1. The Morgan fingerprint density at radius 1 is 1.11 bits per heavy atom. The molecule has 3 rings (SSSR count). The second-order valence-electron chi connectivity index (χ2n) is 4.36. The van der Waals surface area contributed by atoms with E-state index in [2.05, 4.69) is 20.3 Å². The van der Waals surface area contributed by atoms with Crippen LogP contribution in [0, 0.1) is 0 Å². The Labute approximate surface area is 106 Å². The van der Waals surface area contributed by atoms with Crippen LogP contribution in [0.2, 0.25) is 0 Å². The van der Waals surface area contributed by atoms with Gasteiger partial charge in [-0.15, -0.1) is 0 Å². The summed E-state index contributed by atoms with van der Waals surface area (Å²) < 4.78 is 37.6. The molecule has 102 valence electrons. The molecule has 5 nitrogen and oxygen atoms in total. The van der Waals surface area contributed by atoms with Gasteiger partial charge < -0.3 is 15.2 Å². The number of imidazole rings is 1. The number of aromatic amines is 1. The molecular formula is C11H12F3N5. The monoisotopic (exact) mass is 271 g/mol. The Bertz CT molecular complexity index is 586. The SMILES string of the molecule is FC(F)(F)c1nc2nc(N3CCNCC3)ccc2[nH]1. The summed E-state index contributed by atoms with van der Waals surface area (Å²) in [6.45, 7) is 3.26. The van der Waals surface area contributed by atoms with E-state index in [-0.39, 0.29) is 5.65 Å². The topological polar surface area (TPSA) is 56.8 Å². The summed E-state index contributed by atoms with van der Waals surface area (Å²) in [5.41, 5.74) is 0.398. The maximum atomic E-state index is 12.5. The molecule has 8 heteroatoms. The van der Waals surface area contributed by atoms with Crippen molar-refractivity contribution >= 4 is 17.0 Å². The van der Waals surface area contributed by atoms with Crippen molar-refractivity contribution in [3.05, 3.63) is 18.0 Å². The zero-order chi connectivity index (χ0) is 13.5. The predicted molar refractivity (Wildman–Crippen MR) is 64.0 cm³/mol. The second kappa shape index (κ2) is 4.37. The Kier molecular flexibility index (Phi) is 2.81. The molecule has 0 unspecified atom stereocenters. The average Bonchev–Trinajstić information content (AvgIpc) is 2.82. The van der Waals surface area contributed by atoms with Crippen LogP contribution in [0.15, 0.2) is 12.1 Å². The van der Waals surface area contributed by atoms with Gasteiger partial charge in [-0.3, -0.25) is 0 Å². The third-order valence-electron chi connectivity index (χ3n) is 3.04. The highest BCUT2D eigenvalue weighted by atomic mass is 19.4. The normalized spacial score (nSPS) is 17.1. The van der Waals surface area contributed by atoms with Crippen LogP contribution >= 0.6 is 0 Å².